The Bertz CT molecular complexity index is 458. The van der Waals surface area contributed by atoms with Gasteiger partial charge in [-0.2, -0.15) is 0 Å². The Hall–Kier alpha value is -2.02. The summed E-state index contributed by atoms with van der Waals surface area (Å²) < 4.78 is 0. The van der Waals surface area contributed by atoms with Gasteiger partial charge in [-0.3, -0.25) is 0 Å². The van der Waals surface area contributed by atoms with E-state index in [9.17, 15) is 4.79 Å². The average molecular weight is 196 g/mol. The summed E-state index contributed by atoms with van der Waals surface area (Å²) in [6, 6.07) is 5.29. The van der Waals surface area contributed by atoms with Crippen molar-refractivity contribution in [1.29, 1.82) is 5.26 Å². The van der Waals surface area contributed by atoms with Gasteiger partial charge in [-0.25, -0.2) is 0 Å². The standard InChI is InChI=1S/C11H9BN2O/c1-9-6-10(3-5-14-9)2-4-12-7-11(15)8-13/h2-7H,1H3/b4-2+. The van der Waals surface area contributed by atoms with Crippen molar-refractivity contribution in [3.05, 3.63) is 35.6 Å². The molecule has 0 bridgehead atoms. The molecule has 0 fully saturated rings. The van der Waals surface area contributed by atoms with E-state index in [4.69, 9.17) is 5.26 Å². The molecule has 0 spiro atoms. The van der Waals surface area contributed by atoms with Crippen LogP contribution in [0.1, 0.15) is 11.3 Å². The first-order valence-corrected chi connectivity index (χ1v) is 4.44. The van der Waals surface area contributed by atoms with Crippen LogP contribution in [-0.2, 0) is 4.79 Å². The van der Waals surface area contributed by atoms with Gasteiger partial charge in [0, 0.05) is 0 Å². The summed E-state index contributed by atoms with van der Waals surface area (Å²) in [5.41, 5.74) is 1.95. The second-order valence-electron chi connectivity index (χ2n) is 2.92. The fourth-order valence-electron chi connectivity index (χ4n) is 1.02. The van der Waals surface area contributed by atoms with E-state index >= 15 is 0 Å². The Kier molecular flexibility index (Phi) is 4.17. The molecule has 0 aliphatic heterocycles. The molecule has 3 nitrogen and oxygen atoms in total. The van der Waals surface area contributed by atoms with E-state index in [1.165, 1.54) is 12.0 Å². The second kappa shape index (κ2) is 5.66. The number of rotatable bonds is 3. The molecule has 1 heterocycles. The molecule has 0 atom stereocenters. The van der Waals surface area contributed by atoms with Crippen LogP contribution in [0, 0.1) is 18.3 Å². The molecule has 0 aromatic carbocycles. The van der Waals surface area contributed by atoms with Gasteiger partial charge in [0.2, 0.25) is 0 Å². The van der Waals surface area contributed by atoms with Gasteiger partial charge >= 0.3 is 88.3 Å². The predicted molar refractivity (Wildman–Crippen MR) is 60.4 cm³/mol. The summed E-state index contributed by atoms with van der Waals surface area (Å²) in [7, 11) is 0. The summed E-state index contributed by atoms with van der Waals surface area (Å²) in [5, 5.41) is 8.20. The zero-order chi connectivity index (χ0) is 11.1. The van der Waals surface area contributed by atoms with E-state index in [1.807, 2.05) is 25.1 Å². The van der Waals surface area contributed by atoms with Gasteiger partial charge < -0.3 is 0 Å². The van der Waals surface area contributed by atoms with E-state index < -0.39 is 5.78 Å². The first kappa shape index (κ1) is 11.1. The van der Waals surface area contributed by atoms with Gasteiger partial charge in [-0.15, -0.1) is 0 Å². The number of Topliss-reactive ketones (excluding diaryl/α,β-unsaturated/α-hetero) is 1. The fraction of sp³-hybridized carbons (Fsp3) is 0.0909. The molecule has 1 rings (SSSR count). The van der Waals surface area contributed by atoms with Gasteiger partial charge in [0.05, 0.1) is 0 Å². The van der Waals surface area contributed by atoms with Gasteiger partial charge in [0.25, 0.3) is 0 Å². The summed E-state index contributed by atoms with van der Waals surface area (Å²) in [5.74, 6) is 2.39. The Balaban J connectivity index is 2.63. The molecule has 1 aromatic heterocycles. The number of hydrogen-bond donors (Lipinski definition) is 0. The molecule has 15 heavy (non-hydrogen) atoms. The zero-order valence-corrected chi connectivity index (χ0v) is 8.34. The summed E-state index contributed by atoms with van der Waals surface area (Å²) in [6.45, 7) is 3.45. The molecule has 0 saturated heterocycles. The molecule has 0 amide bonds. The number of pyridine rings is 1. The van der Waals surface area contributed by atoms with Crippen molar-refractivity contribution in [2.45, 2.75) is 6.92 Å². The molecule has 0 unspecified atom stereocenters. The zero-order valence-electron chi connectivity index (χ0n) is 8.34. The number of carbonyl (C=O) groups excluding carboxylic acids is 1. The molecular formula is C11H9BN2O. The van der Waals surface area contributed by atoms with E-state index in [2.05, 4.69) is 4.98 Å². The van der Waals surface area contributed by atoms with Crippen LogP contribution in [0.15, 0.2) is 24.3 Å². The van der Waals surface area contributed by atoms with Gasteiger partial charge in [0.15, 0.2) is 0 Å². The maximum absolute atomic E-state index is 10.6. The Morgan fingerprint density at radius 2 is 2.47 bits per heavy atom. The minimum atomic E-state index is -0.550. The molecule has 0 saturated carbocycles. The van der Waals surface area contributed by atoms with Gasteiger partial charge in [-0.05, 0) is 0 Å². The number of hydrogen-bond acceptors (Lipinski definition) is 3. The van der Waals surface area contributed by atoms with E-state index in [0.29, 0.717) is 0 Å². The number of nitrogens with zero attached hydrogens (tertiary/aromatic N) is 2. The first-order chi connectivity index (χ1) is 7.22. The molecule has 0 aliphatic carbocycles. The third kappa shape index (κ3) is 4.14. The quantitative estimate of drug-likeness (QED) is 0.534. The van der Waals surface area contributed by atoms with E-state index in [1.54, 1.807) is 19.1 Å². The van der Waals surface area contributed by atoms with Crippen molar-refractivity contribution < 1.29 is 4.79 Å². The van der Waals surface area contributed by atoms with Crippen molar-refractivity contribution in [3.8, 4) is 6.07 Å². The number of nitriles is 1. The maximum atomic E-state index is 10.6. The van der Waals surface area contributed by atoms with Crippen LogP contribution >= 0.6 is 0 Å². The van der Waals surface area contributed by atoms with Crippen LogP contribution < -0.4 is 0 Å². The van der Waals surface area contributed by atoms with E-state index in [-0.39, 0.29) is 0 Å². The fourth-order valence-corrected chi connectivity index (χ4v) is 1.02. The van der Waals surface area contributed by atoms with Crippen molar-refractivity contribution in [2.24, 2.45) is 0 Å². The third-order valence-electron chi connectivity index (χ3n) is 1.68. The van der Waals surface area contributed by atoms with Crippen LogP contribution in [0.2, 0.25) is 0 Å². The number of carbonyl (C=O) groups is 1. The normalized spacial score (nSPS) is 10.1. The van der Waals surface area contributed by atoms with Gasteiger partial charge in [0.1, 0.15) is 0 Å². The molecule has 0 radical (unpaired) electrons. The molecule has 1 aromatic rings. The third-order valence-corrected chi connectivity index (χ3v) is 1.68. The number of aryl methyl sites for hydroxylation is 1. The Labute approximate surface area is 89.0 Å². The van der Waals surface area contributed by atoms with Crippen LogP contribution in [0.3, 0.4) is 0 Å². The predicted octanol–water partition coefficient (Wildman–Crippen LogP) is 0.960. The van der Waals surface area contributed by atoms with Crippen LogP contribution in [-0.4, -0.2) is 23.7 Å². The molecular weight excluding hydrogens is 187 g/mol. The number of aromatic nitrogens is 1. The Morgan fingerprint density at radius 3 is 3.13 bits per heavy atom. The molecule has 0 aliphatic rings. The van der Waals surface area contributed by atoms with Gasteiger partial charge in [-0.1, -0.05) is 0 Å². The minimum absolute atomic E-state index is 0.550. The van der Waals surface area contributed by atoms with Crippen molar-refractivity contribution in [3.63, 3.8) is 0 Å². The monoisotopic (exact) mass is 196 g/mol. The Morgan fingerprint density at radius 1 is 1.67 bits per heavy atom. The first-order valence-electron chi connectivity index (χ1n) is 4.44. The van der Waals surface area contributed by atoms with Crippen molar-refractivity contribution >= 4 is 24.7 Å². The summed E-state index contributed by atoms with van der Waals surface area (Å²) in [6.07, 6.45) is 3.56. The van der Waals surface area contributed by atoms with Crippen LogP contribution in [0.4, 0.5) is 0 Å². The SMILES string of the molecule is Cc1cc(/C=C/B=C/C(=O)C#N)ccn1. The topological polar surface area (TPSA) is 53.8 Å². The van der Waals surface area contributed by atoms with Crippen molar-refractivity contribution in [2.75, 3.05) is 0 Å². The van der Waals surface area contributed by atoms with E-state index in [0.717, 1.165) is 11.3 Å². The molecule has 4 heteroatoms. The van der Waals surface area contributed by atoms with Crippen molar-refractivity contribution in [1.82, 2.24) is 4.98 Å². The van der Waals surface area contributed by atoms with Crippen LogP contribution in [0.25, 0.3) is 6.08 Å². The second-order valence-corrected chi connectivity index (χ2v) is 2.92. The average Bonchev–Trinajstić information content (AvgIpc) is 2.24. The molecule has 72 valence electrons. The summed E-state index contributed by atoms with van der Waals surface area (Å²) in [4.78, 5) is 14.6. The van der Waals surface area contributed by atoms with Crippen LogP contribution in [0.5, 0.6) is 0 Å². The summed E-state index contributed by atoms with van der Waals surface area (Å²) >= 11 is 0. The number of ketones is 1. The molecule has 0 N–H and O–H groups in total.